The van der Waals surface area contributed by atoms with Gasteiger partial charge in [-0.3, -0.25) is 4.79 Å². The number of amides is 1. The molecule has 3 aliphatic rings. The fraction of sp³-hybridized carbons (Fsp3) is 0.615. The molecule has 1 spiro atoms. The molecule has 4 rings (SSSR count). The van der Waals surface area contributed by atoms with E-state index in [1.807, 2.05) is 11.9 Å². The van der Waals surface area contributed by atoms with E-state index in [2.05, 4.69) is 10.6 Å². The Morgan fingerprint density at radius 1 is 1.25 bits per heavy atom. The smallest absolute Gasteiger partial charge is 0.270 e. The lowest BCUT2D eigenvalue weighted by atomic mass is 10.0. The molecule has 1 amide bonds. The van der Waals surface area contributed by atoms with Gasteiger partial charge in [-0.25, -0.2) is 0 Å². The summed E-state index contributed by atoms with van der Waals surface area (Å²) in [6.07, 6.45) is 5.23. The molecule has 2 aliphatic carbocycles. The number of aromatic nitrogens is 1. The molecule has 0 saturated heterocycles. The maximum atomic E-state index is 12.0. The Kier molecular flexibility index (Phi) is 1.40. The molecule has 0 aromatic carbocycles. The Bertz CT molecular complexity index is 496. The molecule has 0 atom stereocenters. The molecular formula is C13H16N2O. The third kappa shape index (κ3) is 0.963. The van der Waals surface area contributed by atoms with Gasteiger partial charge >= 0.3 is 0 Å². The highest BCUT2D eigenvalue weighted by Crippen LogP contribution is 2.56. The summed E-state index contributed by atoms with van der Waals surface area (Å²) in [6, 6.07) is 2.15. The van der Waals surface area contributed by atoms with Gasteiger partial charge in [-0.1, -0.05) is 0 Å². The lowest BCUT2D eigenvalue weighted by Gasteiger charge is -2.26. The van der Waals surface area contributed by atoms with Gasteiger partial charge in [0.2, 0.25) is 0 Å². The first-order valence-corrected chi connectivity index (χ1v) is 6.15. The van der Waals surface area contributed by atoms with Crippen LogP contribution in [0.25, 0.3) is 0 Å². The van der Waals surface area contributed by atoms with Crippen molar-refractivity contribution in [3.63, 3.8) is 0 Å². The summed E-state index contributed by atoms with van der Waals surface area (Å²) in [5, 5.41) is 0. The minimum Gasteiger partial charge on any atom is -0.339 e. The zero-order valence-electron chi connectivity index (χ0n) is 9.62. The van der Waals surface area contributed by atoms with Crippen molar-refractivity contribution < 1.29 is 4.79 Å². The van der Waals surface area contributed by atoms with Crippen LogP contribution in [0.3, 0.4) is 0 Å². The van der Waals surface area contributed by atoms with Crippen molar-refractivity contribution in [1.29, 1.82) is 0 Å². The average Bonchev–Trinajstić information content (AvgIpc) is 2.77. The van der Waals surface area contributed by atoms with Crippen LogP contribution in [0.4, 0.5) is 0 Å². The van der Waals surface area contributed by atoms with Crippen LogP contribution < -0.4 is 0 Å². The Balaban J connectivity index is 1.82. The third-order valence-electron chi connectivity index (χ3n) is 4.59. The Morgan fingerprint density at radius 2 is 2.06 bits per heavy atom. The van der Waals surface area contributed by atoms with Crippen LogP contribution in [0, 0.1) is 5.41 Å². The predicted molar refractivity (Wildman–Crippen MR) is 60.5 cm³/mol. The number of hydrogen-bond acceptors (Lipinski definition) is 1. The van der Waals surface area contributed by atoms with Gasteiger partial charge < -0.3 is 9.47 Å². The molecular weight excluding hydrogens is 200 g/mol. The minimum absolute atomic E-state index is 0.200. The van der Waals surface area contributed by atoms with Crippen LogP contribution in [-0.4, -0.2) is 29.0 Å². The van der Waals surface area contributed by atoms with Crippen LogP contribution in [-0.2, 0) is 19.4 Å². The number of nitrogens with zero attached hydrogens (tertiary/aromatic N) is 2. The molecule has 1 aliphatic heterocycles. The van der Waals surface area contributed by atoms with E-state index < -0.39 is 0 Å². The van der Waals surface area contributed by atoms with Crippen LogP contribution in [0.2, 0.25) is 0 Å². The van der Waals surface area contributed by atoms with E-state index in [4.69, 9.17) is 0 Å². The molecule has 0 bridgehead atoms. The van der Waals surface area contributed by atoms with Crippen molar-refractivity contribution in [1.82, 2.24) is 9.47 Å². The van der Waals surface area contributed by atoms with Crippen molar-refractivity contribution in [2.75, 3.05) is 13.6 Å². The van der Waals surface area contributed by atoms with E-state index in [1.165, 1.54) is 36.9 Å². The van der Waals surface area contributed by atoms with Gasteiger partial charge in [0, 0.05) is 25.8 Å². The fourth-order valence-electron chi connectivity index (χ4n) is 3.34. The molecule has 16 heavy (non-hydrogen) atoms. The van der Waals surface area contributed by atoms with E-state index in [0.29, 0.717) is 5.41 Å². The summed E-state index contributed by atoms with van der Waals surface area (Å²) < 4.78 is 2.28. The van der Waals surface area contributed by atoms with Crippen LogP contribution in [0.15, 0.2) is 6.07 Å². The van der Waals surface area contributed by atoms with Gasteiger partial charge in [0.15, 0.2) is 0 Å². The maximum Gasteiger partial charge on any atom is 0.270 e. The van der Waals surface area contributed by atoms with Gasteiger partial charge in [-0.15, -0.1) is 0 Å². The van der Waals surface area contributed by atoms with Gasteiger partial charge in [-0.2, -0.15) is 0 Å². The molecule has 84 valence electrons. The lowest BCUT2D eigenvalue weighted by molar-refractivity contribution is 0.0747. The molecule has 0 radical (unpaired) electrons. The van der Waals surface area contributed by atoms with E-state index in [1.54, 1.807) is 0 Å². The van der Waals surface area contributed by atoms with Crippen molar-refractivity contribution in [3.8, 4) is 0 Å². The average molecular weight is 216 g/mol. The largest absolute Gasteiger partial charge is 0.339 e. The van der Waals surface area contributed by atoms with E-state index in [9.17, 15) is 4.79 Å². The van der Waals surface area contributed by atoms with Crippen molar-refractivity contribution in [2.45, 2.75) is 32.2 Å². The number of hydrogen-bond donors (Lipinski definition) is 0. The predicted octanol–water partition coefficient (Wildman–Crippen LogP) is 1.45. The summed E-state index contributed by atoms with van der Waals surface area (Å²) in [6.45, 7) is 1.85. The van der Waals surface area contributed by atoms with E-state index in [-0.39, 0.29) is 5.91 Å². The minimum atomic E-state index is 0.200. The highest BCUT2D eigenvalue weighted by Gasteiger charge is 2.49. The summed E-state index contributed by atoms with van der Waals surface area (Å²) in [5.74, 6) is 0.200. The van der Waals surface area contributed by atoms with Gasteiger partial charge in [-0.05, 0) is 42.7 Å². The first kappa shape index (κ1) is 8.85. The molecule has 3 nitrogen and oxygen atoms in total. The zero-order valence-corrected chi connectivity index (χ0v) is 9.62. The molecule has 1 saturated carbocycles. The van der Waals surface area contributed by atoms with E-state index >= 15 is 0 Å². The third-order valence-corrected chi connectivity index (χ3v) is 4.59. The summed E-state index contributed by atoms with van der Waals surface area (Å²) in [5.41, 5.74) is 4.47. The van der Waals surface area contributed by atoms with Crippen LogP contribution >= 0.6 is 0 Å². The fourth-order valence-corrected chi connectivity index (χ4v) is 3.34. The number of carbonyl (C=O) groups excluding carboxylic acids is 1. The van der Waals surface area contributed by atoms with Crippen molar-refractivity contribution >= 4 is 5.91 Å². The van der Waals surface area contributed by atoms with Crippen LogP contribution in [0.5, 0.6) is 0 Å². The lowest BCUT2D eigenvalue weighted by Crippen LogP contribution is -2.37. The molecule has 0 unspecified atom stereocenters. The second-order valence-electron chi connectivity index (χ2n) is 5.73. The summed E-state index contributed by atoms with van der Waals surface area (Å²) in [7, 11) is 1.90. The second kappa shape index (κ2) is 2.53. The molecule has 3 heteroatoms. The maximum absolute atomic E-state index is 12.0. The number of fused-ring (bicyclic) bond motifs is 3. The first-order chi connectivity index (χ1) is 7.69. The Hall–Kier alpha value is -1.25. The first-order valence-electron chi connectivity index (χ1n) is 6.15. The molecule has 1 aromatic heterocycles. The number of rotatable bonds is 0. The summed E-state index contributed by atoms with van der Waals surface area (Å²) >= 11 is 0. The van der Waals surface area contributed by atoms with Gasteiger partial charge in [0.05, 0.1) is 0 Å². The summed E-state index contributed by atoms with van der Waals surface area (Å²) in [4.78, 5) is 13.8. The monoisotopic (exact) mass is 216 g/mol. The van der Waals surface area contributed by atoms with Gasteiger partial charge in [0.25, 0.3) is 5.91 Å². The van der Waals surface area contributed by atoms with Crippen molar-refractivity contribution in [3.05, 3.63) is 23.0 Å². The highest BCUT2D eigenvalue weighted by molar-refractivity contribution is 5.93. The second-order valence-corrected chi connectivity index (χ2v) is 5.73. The van der Waals surface area contributed by atoms with Crippen LogP contribution in [0.1, 0.15) is 34.6 Å². The number of likely N-dealkylation sites (N-methyl/N-ethyl adjacent to an activating group) is 1. The van der Waals surface area contributed by atoms with Crippen molar-refractivity contribution in [2.24, 2.45) is 5.41 Å². The number of carbonyl (C=O) groups is 1. The van der Waals surface area contributed by atoms with Gasteiger partial charge in [0.1, 0.15) is 5.69 Å². The zero-order chi connectivity index (χ0) is 10.9. The topological polar surface area (TPSA) is 25.2 Å². The molecule has 2 heterocycles. The SMILES string of the molecule is CN1CCn2c(cc3c2CC2(CC2)C3)C1=O. The normalized spacial score (nSPS) is 24.8. The highest BCUT2D eigenvalue weighted by atomic mass is 16.2. The van der Waals surface area contributed by atoms with E-state index in [0.717, 1.165) is 18.8 Å². The quantitative estimate of drug-likeness (QED) is 0.644. The standard InChI is InChI=1S/C13H16N2O/c1-14-4-5-15-10(12(14)16)6-9-7-13(2-3-13)8-11(9)15/h6H,2-5,7-8H2,1H3. The molecule has 1 fully saturated rings. The molecule has 1 aromatic rings. The Labute approximate surface area is 95.0 Å². The Morgan fingerprint density at radius 3 is 2.81 bits per heavy atom. The molecule has 0 N–H and O–H groups in total.